The number of rotatable bonds is 4. The molecule has 0 bridgehead atoms. The summed E-state index contributed by atoms with van der Waals surface area (Å²) in [7, 11) is 0. The maximum atomic E-state index is 12.9. The lowest BCUT2D eigenvalue weighted by molar-refractivity contribution is -0.199. The SMILES string of the molecule is O=C(Cn1nc2n(c1=O)CCCCC2)NC[C@]1(O)CCC[C@@H](C(F)(F)F)C1. The summed E-state index contributed by atoms with van der Waals surface area (Å²) in [5.74, 6) is -1.45. The van der Waals surface area contributed by atoms with Crippen LogP contribution in [0.2, 0.25) is 0 Å². The highest BCUT2D eigenvalue weighted by Crippen LogP contribution is 2.41. The van der Waals surface area contributed by atoms with Crippen LogP contribution in [0.25, 0.3) is 0 Å². The maximum Gasteiger partial charge on any atom is 0.391 e. The number of alkyl halides is 3. The molecule has 0 radical (unpaired) electrons. The number of aryl methyl sites for hydroxylation is 1. The first-order valence-electron chi connectivity index (χ1n) is 9.40. The Hall–Kier alpha value is -1.84. The molecule has 1 aromatic heterocycles. The topological polar surface area (TPSA) is 89.2 Å². The first kappa shape index (κ1) is 19.9. The van der Waals surface area contributed by atoms with Crippen LogP contribution >= 0.6 is 0 Å². The third-order valence-corrected chi connectivity index (χ3v) is 5.47. The Morgan fingerprint density at radius 1 is 1.30 bits per heavy atom. The Morgan fingerprint density at radius 3 is 2.81 bits per heavy atom. The van der Waals surface area contributed by atoms with Gasteiger partial charge in [0.2, 0.25) is 5.91 Å². The molecular formula is C17H25F3N4O3. The van der Waals surface area contributed by atoms with E-state index >= 15 is 0 Å². The number of aliphatic hydroxyl groups is 1. The average molecular weight is 390 g/mol. The summed E-state index contributed by atoms with van der Waals surface area (Å²) in [5.41, 5.74) is -1.93. The summed E-state index contributed by atoms with van der Waals surface area (Å²) in [4.78, 5) is 24.5. The lowest BCUT2D eigenvalue weighted by atomic mass is 9.77. The fourth-order valence-corrected chi connectivity index (χ4v) is 3.96. The predicted molar refractivity (Wildman–Crippen MR) is 90.0 cm³/mol. The van der Waals surface area contributed by atoms with Crippen LogP contribution in [0.5, 0.6) is 0 Å². The number of hydrogen-bond acceptors (Lipinski definition) is 4. The van der Waals surface area contributed by atoms with Gasteiger partial charge in [-0.1, -0.05) is 6.42 Å². The van der Waals surface area contributed by atoms with Crippen LogP contribution < -0.4 is 11.0 Å². The molecule has 0 aromatic carbocycles. The highest BCUT2D eigenvalue weighted by atomic mass is 19.4. The van der Waals surface area contributed by atoms with E-state index in [4.69, 9.17) is 0 Å². The monoisotopic (exact) mass is 390 g/mol. The van der Waals surface area contributed by atoms with Gasteiger partial charge in [0.05, 0.1) is 11.5 Å². The highest BCUT2D eigenvalue weighted by molar-refractivity contribution is 5.75. The van der Waals surface area contributed by atoms with Gasteiger partial charge in [0.25, 0.3) is 0 Å². The van der Waals surface area contributed by atoms with Crippen molar-refractivity contribution in [1.29, 1.82) is 0 Å². The molecule has 3 rings (SSSR count). The number of aromatic nitrogens is 3. The van der Waals surface area contributed by atoms with Crippen molar-refractivity contribution in [2.24, 2.45) is 5.92 Å². The quantitative estimate of drug-likeness (QED) is 0.813. The standard InChI is InChI=1S/C17H25F3N4O3/c18-17(19,20)12-5-4-7-16(27,9-12)11-21-14(25)10-24-15(26)23-8-3-1-2-6-13(23)22-24/h12,27H,1-11H2,(H,21,25)/t12-,16+/m1/s1. The molecule has 2 N–H and O–H groups in total. The molecule has 1 fully saturated rings. The van der Waals surface area contributed by atoms with E-state index < -0.39 is 30.0 Å². The number of fused-ring (bicyclic) bond motifs is 1. The van der Waals surface area contributed by atoms with E-state index in [0.717, 1.165) is 23.9 Å². The van der Waals surface area contributed by atoms with Crippen molar-refractivity contribution in [3.05, 3.63) is 16.3 Å². The zero-order valence-electron chi connectivity index (χ0n) is 15.1. The molecule has 0 saturated heterocycles. The van der Waals surface area contributed by atoms with E-state index in [-0.39, 0.29) is 38.0 Å². The second kappa shape index (κ2) is 7.65. The van der Waals surface area contributed by atoms with Crippen LogP contribution in [0.3, 0.4) is 0 Å². The third kappa shape index (κ3) is 4.72. The summed E-state index contributed by atoms with van der Waals surface area (Å²) in [6.45, 7) is 0.00666. The van der Waals surface area contributed by atoms with Crippen molar-refractivity contribution >= 4 is 5.91 Å². The number of amides is 1. The smallest absolute Gasteiger partial charge is 0.388 e. The maximum absolute atomic E-state index is 12.9. The van der Waals surface area contributed by atoms with Crippen LogP contribution in [0.1, 0.15) is 50.8 Å². The molecule has 1 amide bonds. The fraction of sp³-hybridized carbons (Fsp3) is 0.824. The van der Waals surface area contributed by atoms with E-state index in [1.54, 1.807) is 4.57 Å². The Morgan fingerprint density at radius 2 is 2.07 bits per heavy atom. The second-order valence-corrected chi connectivity index (χ2v) is 7.65. The number of carbonyl (C=O) groups excluding carboxylic acids is 1. The largest absolute Gasteiger partial charge is 0.391 e. The summed E-state index contributed by atoms with van der Waals surface area (Å²) in [6.07, 6.45) is -0.773. The molecule has 1 saturated carbocycles. The van der Waals surface area contributed by atoms with E-state index in [9.17, 15) is 27.9 Å². The van der Waals surface area contributed by atoms with E-state index in [2.05, 4.69) is 10.4 Å². The summed E-state index contributed by atoms with van der Waals surface area (Å²) >= 11 is 0. The Kier molecular flexibility index (Phi) is 5.64. The average Bonchev–Trinajstić information content (AvgIpc) is 2.76. The molecule has 2 aliphatic rings. The van der Waals surface area contributed by atoms with Crippen molar-refractivity contribution < 1.29 is 23.1 Å². The van der Waals surface area contributed by atoms with Gasteiger partial charge in [-0.25, -0.2) is 9.48 Å². The molecule has 1 aromatic rings. The summed E-state index contributed by atoms with van der Waals surface area (Å²) in [5, 5.41) is 17.1. The van der Waals surface area contributed by atoms with Gasteiger partial charge in [0.15, 0.2) is 0 Å². The first-order chi connectivity index (χ1) is 12.7. The van der Waals surface area contributed by atoms with Gasteiger partial charge >= 0.3 is 11.9 Å². The van der Waals surface area contributed by atoms with Gasteiger partial charge < -0.3 is 10.4 Å². The summed E-state index contributed by atoms with van der Waals surface area (Å²) in [6, 6.07) is 0. The zero-order valence-corrected chi connectivity index (χ0v) is 15.1. The molecule has 0 spiro atoms. The van der Waals surface area contributed by atoms with Crippen LogP contribution in [0.4, 0.5) is 13.2 Å². The van der Waals surface area contributed by atoms with Crippen molar-refractivity contribution in [3.63, 3.8) is 0 Å². The Labute approximate surface area is 154 Å². The highest BCUT2D eigenvalue weighted by Gasteiger charge is 2.47. The molecule has 10 heteroatoms. The number of halogens is 3. The Balaban J connectivity index is 1.58. The molecule has 7 nitrogen and oxygen atoms in total. The molecule has 2 atom stereocenters. The van der Waals surface area contributed by atoms with E-state index in [1.807, 2.05) is 0 Å². The summed E-state index contributed by atoms with van der Waals surface area (Å²) < 4.78 is 41.4. The molecule has 1 aliphatic heterocycles. The van der Waals surface area contributed by atoms with Crippen LogP contribution in [-0.2, 0) is 24.3 Å². The van der Waals surface area contributed by atoms with Gasteiger partial charge in [-0.3, -0.25) is 9.36 Å². The zero-order chi connectivity index (χ0) is 19.7. The molecule has 1 aliphatic carbocycles. The minimum atomic E-state index is -4.35. The van der Waals surface area contributed by atoms with Crippen molar-refractivity contribution in [2.75, 3.05) is 6.54 Å². The van der Waals surface area contributed by atoms with Crippen LogP contribution in [0, 0.1) is 5.92 Å². The predicted octanol–water partition coefficient (Wildman–Crippen LogP) is 1.37. The minimum absolute atomic E-state index is 0.00460. The molecule has 152 valence electrons. The van der Waals surface area contributed by atoms with Gasteiger partial charge in [0.1, 0.15) is 12.4 Å². The Bertz CT molecular complexity index is 743. The minimum Gasteiger partial charge on any atom is -0.388 e. The lowest BCUT2D eigenvalue weighted by Gasteiger charge is -2.37. The van der Waals surface area contributed by atoms with Crippen LogP contribution in [0.15, 0.2) is 4.79 Å². The lowest BCUT2D eigenvalue weighted by Crippen LogP contribution is -2.49. The van der Waals surface area contributed by atoms with Gasteiger partial charge in [-0.15, -0.1) is 0 Å². The molecular weight excluding hydrogens is 365 g/mol. The van der Waals surface area contributed by atoms with Crippen molar-refractivity contribution in [1.82, 2.24) is 19.7 Å². The van der Waals surface area contributed by atoms with Crippen molar-refractivity contribution in [3.8, 4) is 0 Å². The number of nitrogens with one attached hydrogen (secondary N) is 1. The fourth-order valence-electron chi connectivity index (χ4n) is 3.96. The van der Waals surface area contributed by atoms with Gasteiger partial charge in [-0.05, 0) is 38.5 Å². The van der Waals surface area contributed by atoms with Gasteiger partial charge in [-0.2, -0.15) is 18.3 Å². The van der Waals surface area contributed by atoms with E-state index in [1.165, 1.54) is 0 Å². The molecule has 2 heterocycles. The number of nitrogens with zero attached hydrogens (tertiary/aromatic N) is 3. The van der Waals surface area contributed by atoms with E-state index in [0.29, 0.717) is 18.8 Å². The molecule has 0 unspecified atom stereocenters. The second-order valence-electron chi connectivity index (χ2n) is 7.65. The normalized spacial score (nSPS) is 26.3. The van der Waals surface area contributed by atoms with Crippen molar-refractivity contribution in [2.45, 2.75) is 76.2 Å². The van der Waals surface area contributed by atoms with Gasteiger partial charge in [0, 0.05) is 19.5 Å². The molecule has 27 heavy (non-hydrogen) atoms. The van der Waals surface area contributed by atoms with Crippen LogP contribution in [-0.4, -0.2) is 43.7 Å². The number of carbonyl (C=O) groups is 1. The number of hydrogen-bond donors (Lipinski definition) is 2. The first-order valence-corrected chi connectivity index (χ1v) is 9.40. The third-order valence-electron chi connectivity index (χ3n) is 5.47.